The summed E-state index contributed by atoms with van der Waals surface area (Å²) in [5.41, 5.74) is 7.30. The maximum absolute atomic E-state index is 14.6. The number of aryl methyl sites for hydroxylation is 1. The number of imidazole rings is 2. The molecule has 0 unspecified atom stereocenters. The Kier molecular flexibility index (Phi) is 5.62. The Morgan fingerprint density at radius 2 is 1.89 bits per heavy atom. The predicted molar refractivity (Wildman–Crippen MR) is 154 cm³/mol. The topological polar surface area (TPSA) is 113 Å². The first-order valence-corrected chi connectivity index (χ1v) is 14.2. The minimum absolute atomic E-state index is 0.336. The molecule has 0 aliphatic heterocycles. The number of hydrogen-bond acceptors (Lipinski definition) is 6. The fraction of sp³-hybridized carbons (Fsp3) is 0.148. The lowest BCUT2D eigenvalue weighted by Crippen LogP contribution is -2.08. The second-order valence-corrected chi connectivity index (χ2v) is 12.4. The quantitative estimate of drug-likeness (QED) is 0.270. The van der Waals surface area contributed by atoms with Gasteiger partial charge in [0.15, 0.2) is 11.5 Å². The van der Waals surface area contributed by atoms with Crippen LogP contribution >= 0.6 is 9.39 Å². The Labute approximate surface area is 218 Å². The van der Waals surface area contributed by atoms with E-state index >= 15 is 0 Å². The van der Waals surface area contributed by atoms with E-state index in [1.165, 1.54) is 12.1 Å². The standard InChI is InChI=1S/C27H26FN9S/c1-15-30-14-23(37(15)2)20-6-7-21-25(32-20)26(36-35-21)27-33-22-13-29-12-19(24(22)34-27)17-8-16(9-18(28)10-17)11-31-38(3,4)5/h6-10,12-14,31H,3-4,11H2,1-2,5H3,(H,33,34)(H,35,36). The molecule has 0 bridgehead atoms. The Bertz CT molecular complexity index is 1950. The van der Waals surface area contributed by atoms with Crippen molar-refractivity contribution in [2.75, 3.05) is 6.26 Å². The number of H-pyrrole nitrogens is 2. The molecule has 9 nitrogen and oxygen atoms in total. The van der Waals surface area contributed by atoms with Gasteiger partial charge >= 0.3 is 0 Å². The van der Waals surface area contributed by atoms with Gasteiger partial charge in [-0.15, -0.1) is 0 Å². The summed E-state index contributed by atoms with van der Waals surface area (Å²) in [5, 5.41) is 7.54. The molecule has 6 aromatic rings. The average Bonchev–Trinajstić information content (AvgIpc) is 3.58. The third-order valence-corrected chi connectivity index (χ3v) is 7.24. The van der Waals surface area contributed by atoms with Crippen LogP contribution in [-0.4, -0.2) is 57.7 Å². The van der Waals surface area contributed by atoms with Crippen molar-refractivity contribution in [1.82, 2.24) is 44.4 Å². The average molecular weight is 528 g/mol. The summed E-state index contributed by atoms with van der Waals surface area (Å²) in [7, 11) is 0.526. The molecule has 0 amide bonds. The SMILES string of the molecule is C=S(=C)(C)NCc1cc(F)cc(-c2cncc3[nH]c(-c4n[nH]c5ccc(-c6cnc(C)n6C)nc45)nc23)c1. The minimum atomic E-state index is -1.43. The highest BCUT2D eigenvalue weighted by atomic mass is 32.2. The van der Waals surface area contributed by atoms with Crippen molar-refractivity contribution in [2.24, 2.45) is 7.05 Å². The molecule has 0 radical (unpaired) electrons. The summed E-state index contributed by atoms with van der Waals surface area (Å²) in [5.74, 6) is 9.17. The van der Waals surface area contributed by atoms with Crippen LogP contribution in [0.2, 0.25) is 0 Å². The molecule has 0 saturated heterocycles. The van der Waals surface area contributed by atoms with Crippen molar-refractivity contribution in [1.29, 1.82) is 0 Å². The first-order valence-electron chi connectivity index (χ1n) is 11.8. The van der Waals surface area contributed by atoms with E-state index in [4.69, 9.17) is 9.97 Å². The van der Waals surface area contributed by atoms with Crippen molar-refractivity contribution in [3.8, 4) is 34.0 Å². The maximum Gasteiger partial charge on any atom is 0.161 e. The first-order chi connectivity index (χ1) is 18.2. The lowest BCUT2D eigenvalue weighted by atomic mass is 10.0. The number of aromatic nitrogens is 8. The molecule has 38 heavy (non-hydrogen) atoms. The van der Waals surface area contributed by atoms with E-state index in [1.54, 1.807) is 18.6 Å². The molecule has 0 fully saturated rings. The Balaban J connectivity index is 1.44. The van der Waals surface area contributed by atoms with E-state index in [2.05, 4.69) is 41.6 Å². The fourth-order valence-electron chi connectivity index (χ4n) is 4.37. The minimum Gasteiger partial charge on any atom is -0.335 e. The normalized spacial score (nSPS) is 12.1. The summed E-state index contributed by atoms with van der Waals surface area (Å²) in [6, 6.07) is 8.81. The van der Waals surface area contributed by atoms with Gasteiger partial charge in [0.2, 0.25) is 0 Å². The van der Waals surface area contributed by atoms with Crippen LogP contribution in [0.3, 0.4) is 0 Å². The molecule has 11 heteroatoms. The zero-order valence-electron chi connectivity index (χ0n) is 21.2. The Hall–Kier alpha value is -4.35. The summed E-state index contributed by atoms with van der Waals surface area (Å²) < 4.78 is 19.9. The number of halogens is 1. The van der Waals surface area contributed by atoms with Gasteiger partial charge in [0.1, 0.15) is 17.2 Å². The number of rotatable bonds is 6. The van der Waals surface area contributed by atoms with Crippen molar-refractivity contribution in [2.45, 2.75) is 13.5 Å². The second-order valence-electron chi connectivity index (χ2n) is 9.53. The molecular formula is C27H26FN9S. The van der Waals surface area contributed by atoms with Gasteiger partial charge in [0, 0.05) is 25.4 Å². The van der Waals surface area contributed by atoms with Gasteiger partial charge < -0.3 is 9.55 Å². The second kappa shape index (κ2) is 8.89. The maximum atomic E-state index is 14.6. The van der Waals surface area contributed by atoms with Gasteiger partial charge in [0.05, 0.1) is 40.3 Å². The zero-order valence-corrected chi connectivity index (χ0v) is 22.0. The van der Waals surface area contributed by atoms with Crippen LogP contribution in [0.15, 0.2) is 48.9 Å². The highest BCUT2D eigenvalue weighted by Gasteiger charge is 2.18. The molecule has 6 rings (SSSR count). The van der Waals surface area contributed by atoms with E-state index in [0.717, 1.165) is 28.3 Å². The molecule has 0 saturated carbocycles. The lowest BCUT2D eigenvalue weighted by Gasteiger charge is -2.12. The van der Waals surface area contributed by atoms with Gasteiger partial charge in [-0.1, -0.05) is 11.7 Å². The smallest absolute Gasteiger partial charge is 0.161 e. The van der Waals surface area contributed by atoms with E-state index in [0.29, 0.717) is 45.7 Å². The number of fused-ring (bicyclic) bond motifs is 2. The highest BCUT2D eigenvalue weighted by Crippen LogP contribution is 2.32. The van der Waals surface area contributed by atoms with Gasteiger partial charge in [-0.2, -0.15) is 14.5 Å². The molecule has 5 aromatic heterocycles. The van der Waals surface area contributed by atoms with Crippen LogP contribution in [0.5, 0.6) is 0 Å². The molecule has 0 spiro atoms. The van der Waals surface area contributed by atoms with Gasteiger partial charge in [-0.05, 0) is 54.6 Å². The molecule has 5 heterocycles. The summed E-state index contributed by atoms with van der Waals surface area (Å²) in [6.45, 7) is 2.41. The highest BCUT2D eigenvalue weighted by molar-refractivity contribution is 8.25. The van der Waals surface area contributed by atoms with E-state index < -0.39 is 9.39 Å². The molecule has 0 aliphatic rings. The summed E-state index contributed by atoms with van der Waals surface area (Å²) >= 11 is 0. The van der Waals surface area contributed by atoms with Crippen LogP contribution in [-0.2, 0) is 13.6 Å². The van der Waals surface area contributed by atoms with Gasteiger partial charge in [-0.3, -0.25) is 14.8 Å². The van der Waals surface area contributed by atoms with E-state index in [9.17, 15) is 4.39 Å². The Morgan fingerprint density at radius 3 is 2.66 bits per heavy atom. The molecular weight excluding hydrogens is 501 g/mol. The van der Waals surface area contributed by atoms with Crippen LogP contribution in [0.4, 0.5) is 4.39 Å². The van der Waals surface area contributed by atoms with Crippen LogP contribution in [0.25, 0.3) is 56.1 Å². The number of aromatic amines is 2. The van der Waals surface area contributed by atoms with Crippen molar-refractivity contribution < 1.29 is 4.39 Å². The zero-order chi connectivity index (χ0) is 26.6. The fourth-order valence-corrected chi connectivity index (χ4v) is 4.88. The van der Waals surface area contributed by atoms with Crippen LogP contribution in [0.1, 0.15) is 11.4 Å². The number of nitrogens with zero attached hydrogens (tertiary/aromatic N) is 6. The molecule has 3 N–H and O–H groups in total. The monoisotopic (exact) mass is 527 g/mol. The van der Waals surface area contributed by atoms with E-state index in [1.807, 2.05) is 43.0 Å². The van der Waals surface area contributed by atoms with Gasteiger partial charge in [0.25, 0.3) is 0 Å². The third kappa shape index (κ3) is 4.35. The summed E-state index contributed by atoms with van der Waals surface area (Å²) in [6.07, 6.45) is 7.14. The summed E-state index contributed by atoms with van der Waals surface area (Å²) in [4.78, 5) is 21.8. The number of pyridine rings is 2. The van der Waals surface area contributed by atoms with Crippen molar-refractivity contribution >= 4 is 43.2 Å². The van der Waals surface area contributed by atoms with Gasteiger partial charge in [-0.25, -0.2) is 19.3 Å². The van der Waals surface area contributed by atoms with Crippen molar-refractivity contribution in [3.63, 3.8) is 0 Å². The van der Waals surface area contributed by atoms with Crippen LogP contribution < -0.4 is 4.72 Å². The molecule has 0 atom stereocenters. The Morgan fingerprint density at radius 1 is 1.05 bits per heavy atom. The molecule has 192 valence electrons. The first kappa shape index (κ1) is 24.0. The number of nitrogens with one attached hydrogen (secondary N) is 3. The van der Waals surface area contributed by atoms with Crippen LogP contribution in [0, 0.1) is 12.7 Å². The van der Waals surface area contributed by atoms with E-state index in [-0.39, 0.29) is 5.82 Å². The largest absolute Gasteiger partial charge is 0.335 e. The third-order valence-electron chi connectivity index (χ3n) is 6.40. The van der Waals surface area contributed by atoms with Crippen molar-refractivity contribution in [3.05, 3.63) is 66.1 Å². The number of hydrogen-bond donors (Lipinski definition) is 3. The molecule has 1 aromatic carbocycles. The molecule has 0 aliphatic carbocycles. The lowest BCUT2D eigenvalue weighted by molar-refractivity contribution is 0.625. The predicted octanol–water partition coefficient (Wildman–Crippen LogP) is 4.71. The number of benzene rings is 1.